The van der Waals surface area contributed by atoms with Crippen molar-refractivity contribution in [3.05, 3.63) is 35.4 Å². The van der Waals surface area contributed by atoms with Crippen LogP contribution in [0.25, 0.3) is 0 Å². The molecule has 0 amide bonds. The number of halogens is 1. The third-order valence-electron chi connectivity index (χ3n) is 2.69. The summed E-state index contributed by atoms with van der Waals surface area (Å²) >= 11 is 3.47. The zero-order valence-electron chi connectivity index (χ0n) is 8.37. The maximum atomic E-state index is 5.90. The third-order valence-corrected chi connectivity index (χ3v) is 3.42. The van der Waals surface area contributed by atoms with Crippen molar-refractivity contribution in [1.82, 2.24) is 0 Å². The van der Waals surface area contributed by atoms with Crippen molar-refractivity contribution in [2.75, 3.05) is 5.33 Å². The van der Waals surface area contributed by atoms with Gasteiger partial charge in [-0.25, -0.2) is 0 Å². The SMILES string of the molecule is Cc1cccc([C@H]2CC[C@H](CBr)O2)c1. The topological polar surface area (TPSA) is 9.23 Å². The molecule has 1 heterocycles. The van der Waals surface area contributed by atoms with Crippen molar-refractivity contribution < 1.29 is 4.74 Å². The minimum absolute atomic E-state index is 0.317. The van der Waals surface area contributed by atoms with Crippen LogP contribution in [0.4, 0.5) is 0 Å². The highest BCUT2D eigenvalue weighted by Gasteiger charge is 2.25. The zero-order chi connectivity index (χ0) is 9.97. The molecule has 1 aliphatic rings. The minimum Gasteiger partial charge on any atom is -0.369 e. The predicted octanol–water partition coefficient (Wildman–Crippen LogP) is 3.61. The van der Waals surface area contributed by atoms with Crippen LogP contribution in [0.3, 0.4) is 0 Å². The monoisotopic (exact) mass is 254 g/mol. The molecule has 1 fully saturated rings. The summed E-state index contributed by atoms with van der Waals surface area (Å²) in [4.78, 5) is 0. The van der Waals surface area contributed by atoms with Gasteiger partial charge in [-0.15, -0.1) is 0 Å². The fourth-order valence-electron chi connectivity index (χ4n) is 1.93. The molecule has 0 bridgehead atoms. The molecule has 0 aromatic heterocycles. The fraction of sp³-hybridized carbons (Fsp3) is 0.500. The molecule has 1 aromatic rings. The molecule has 2 rings (SSSR count). The Hall–Kier alpha value is -0.340. The lowest BCUT2D eigenvalue weighted by atomic mass is 10.0. The molecule has 1 aromatic carbocycles. The normalized spacial score (nSPS) is 26.7. The maximum Gasteiger partial charge on any atom is 0.0830 e. The lowest BCUT2D eigenvalue weighted by Gasteiger charge is -2.12. The summed E-state index contributed by atoms with van der Waals surface area (Å²) in [6.07, 6.45) is 3.04. The molecule has 1 nitrogen and oxygen atoms in total. The first-order chi connectivity index (χ1) is 6.79. The van der Waals surface area contributed by atoms with Crippen LogP contribution in [0.2, 0.25) is 0 Å². The van der Waals surface area contributed by atoms with E-state index in [0.29, 0.717) is 12.2 Å². The van der Waals surface area contributed by atoms with Gasteiger partial charge in [-0.1, -0.05) is 45.8 Å². The molecule has 14 heavy (non-hydrogen) atoms. The summed E-state index contributed by atoms with van der Waals surface area (Å²) in [6.45, 7) is 2.13. The molecule has 0 saturated carbocycles. The first-order valence-corrected chi connectivity index (χ1v) is 6.19. The highest BCUT2D eigenvalue weighted by molar-refractivity contribution is 9.09. The van der Waals surface area contributed by atoms with Crippen LogP contribution in [0.1, 0.15) is 30.1 Å². The molecule has 2 atom stereocenters. The van der Waals surface area contributed by atoms with Gasteiger partial charge < -0.3 is 4.74 Å². The average Bonchev–Trinajstić information content (AvgIpc) is 2.66. The van der Waals surface area contributed by atoms with Crippen LogP contribution in [-0.4, -0.2) is 11.4 Å². The van der Waals surface area contributed by atoms with E-state index >= 15 is 0 Å². The molecule has 0 radical (unpaired) electrons. The second-order valence-corrected chi connectivity index (χ2v) is 4.54. The summed E-state index contributed by atoms with van der Waals surface area (Å²) in [7, 11) is 0. The van der Waals surface area contributed by atoms with Gasteiger partial charge in [-0.05, 0) is 25.3 Å². The van der Waals surface area contributed by atoms with E-state index in [4.69, 9.17) is 4.74 Å². The van der Waals surface area contributed by atoms with Crippen molar-refractivity contribution in [3.63, 3.8) is 0 Å². The molecule has 1 saturated heterocycles. The maximum absolute atomic E-state index is 5.90. The fourth-order valence-corrected chi connectivity index (χ4v) is 2.41. The second kappa shape index (κ2) is 4.45. The lowest BCUT2D eigenvalue weighted by Crippen LogP contribution is -2.07. The van der Waals surface area contributed by atoms with Gasteiger partial charge in [0.05, 0.1) is 12.2 Å². The van der Waals surface area contributed by atoms with Crippen molar-refractivity contribution >= 4 is 15.9 Å². The highest BCUT2D eigenvalue weighted by Crippen LogP contribution is 2.33. The molecular formula is C12H15BrO. The van der Waals surface area contributed by atoms with Gasteiger partial charge in [0, 0.05) is 5.33 Å². The molecule has 0 aliphatic carbocycles. The number of alkyl halides is 1. The molecule has 2 heteroatoms. The summed E-state index contributed by atoms with van der Waals surface area (Å²) < 4.78 is 5.90. The lowest BCUT2D eigenvalue weighted by molar-refractivity contribution is 0.0588. The Kier molecular flexibility index (Phi) is 3.24. The number of benzene rings is 1. The van der Waals surface area contributed by atoms with Gasteiger partial charge in [0.15, 0.2) is 0 Å². The van der Waals surface area contributed by atoms with Crippen LogP contribution >= 0.6 is 15.9 Å². The van der Waals surface area contributed by atoms with Crippen molar-refractivity contribution in [2.24, 2.45) is 0 Å². The minimum atomic E-state index is 0.317. The van der Waals surface area contributed by atoms with E-state index in [0.717, 1.165) is 11.8 Å². The first-order valence-electron chi connectivity index (χ1n) is 5.07. The molecular weight excluding hydrogens is 240 g/mol. The number of aryl methyl sites for hydroxylation is 1. The van der Waals surface area contributed by atoms with E-state index in [1.165, 1.54) is 17.5 Å². The Morgan fingerprint density at radius 1 is 1.43 bits per heavy atom. The smallest absolute Gasteiger partial charge is 0.0830 e. The average molecular weight is 255 g/mol. The van der Waals surface area contributed by atoms with E-state index in [9.17, 15) is 0 Å². The zero-order valence-corrected chi connectivity index (χ0v) is 9.96. The van der Waals surface area contributed by atoms with Crippen LogP contribution in [0.15, 0.2) is 24.3 Å². The van der Waals surface area contributed by atoms with Crippen LogP contribution in [0.5, 0.6) is 0 Å². The van der Waals surface area contributed by atoms with E-state index in [-0.39, 0.29) is 0 Å². The number of ether oxygens (including phenoxy) is 1. The summed E-state index contributed by atoms with van der Waals surface area (Å²) in [5.41, 5.74) is 2.64. The van der Waals surface area contributed by atoms with Gasteiger partial charge in [-0.3, -0.25) is 0 Å². The largest absolute Gasteiger partial charge is 0.369 e. The Morgan fingerprint density at radius 3 is 2.93 bits per heavy atom. The summed E-state index contributed by atoms with van der Waals surface area (Å²) in [5, 5.41) is 0.954. The van der Waals surface area contributed by atoms with Crippen LogP contribution < -0.4 is 0 Å². The van der Waals surface area contributed by atoms with Gasteiger partial charge in [0.2, 0.25) is 0 Å². The van der Waals surface area contributed by atoms with Gasteiger partial charge in [0.1, 0.15) is 0 Å². The van der Waals surface area contributed by atoms with Crippen LogP contribution in [0, 0.1) is 6.92 Å². The van der Waals surface area contributed by atoms with Crippen molar-refractivity contribution in [3.8, 4) is 0 Å². The van der Waals surface area contributed by atoms with E-state index < -0.39 is 0 Å². The van der Waals surface area contributed by atoms with E-state index in [1.807, 2.05) is 0 Å². The standard InChI is InChI=1S/C12H15BrO/c1-9-3-2-4-10(7-9)12-6-5-11(8-13)14-12/h2-4,7,11-12H,5-6,8H2,1H3/t11-,12-/m1/s1. The molecule has 76 valence electrons. The molecule has 0 spiro atoms. The van der Waals surface area contributed by atoms with Crippen molar-refractivity contribution in [2.45, 2.75) is 32.0 Å². The molecule has 0 unspecified atom stereocenters. The van der Waals surface area contributed by atoms with Gasteiger partial charge in [-0.2, -0.15) is 0 Å². The Balaban J connectivity index is 2.09. The highest BCUT2D eigenvalue weighted by atomic mass is 79.9. The second-order valence-electron chi connectivity index (χ2n) is 3.89. The molecule has 0 N–H and O–H groups in total. The number of hydrogen-bond donors (Lipinski definition) is 0. The Morgan fingerprint density at radius 2 is 2.29 bits per heavy atom. The quantitative estimate of drug-likeness (QED) is 0.733. The molecule has 1 aliphatic heterocycles. The third kappa shape index (κ3) is 2.18. The number of rotatable bonds is 2. The number of hydrogen-bond acceptors (Lipinski definition) is 1. The van der Waals surface area contributed by atoms with Crippen LogP contribution in [-0.2, 0) is 4.74 Å². The Labute approximate surface area is 93.6 Å². The van der Waals surface area contributed by atoms with E-state index in [1.54, 1.807) is 0 Å². The Bertz CT molecular complexity index is 311. The van der Waals surface area contributed by atoms with Crippen molar-refractivity contribution in [1.29, 1.82) is 0 Å². The first kappa shape index (κ1) is 10.2. The summed E-state index contributed by atoms with van der Waals surface area (Å²) in [5.74, 6) is 0. The van der Waals surface area contributed by atoms with Gasteiger partial charge >= 0.3 is 0 Å². The summed E-state index contributed by atoms with van der Waals surface area (Å²) in [6, 6.07) is 8.62. The predicted molar refractivity (Wildman–Crippen MR) is 61.8 cm³/mol. The van der Waals surface area contributed by atoms with E-state index in [2.05, 4.69) is 47.1 Å². The van der Waals surface area contributed by atoms with Gasteiger partial charge in [0.25, 0.3) is 0 Å².